The lowest BCUT2D eigenvalue weighted by atomic mass is 10.1. The molecule has 5 heteroatoms. The van der Waals surface area contributed by atoms with Crippen LogP contribution in [0.5, 0.6) is 0 Å². The van der Waals surface area contributed by atoms with Crippen molar-refractivity contribution in [3.05, 3.63) is 34.9 Å². The molecule has 0 saturated heterocycles. The number of benzene rings is 1. The highest BCUT2D eigenvalue weighted by atomic mass is 35.5. The minimum atomic E-state index is -0.851. The summed E-state index contributed by atoms with van der Waals surface area (Å²) in [6.07, 6.45) is 1.23. The zero-order chi connectivity index (χ0) is 13.7. The molecule has 1 rings (SSSR count). The average molecular weight is 276 g/mol. The maximum absolute atomic E-state index is 13.7. The van der Waals surface area contributed by atoms with Crippen LogP contribution >= 0.6 is 11.6 Å². The highest BCUT2D eigenvalue weighted by molar-refractivity contribution is 6.17. The fourth-order valence-electron chi connectivity index (χ4n) is 1.63. The van der Waals surface area contributed by atoms with Gasteiger partial charge in [-0.25, -0.2) is 8.78 Å². The minimum absolute atomic E-state index is 0.172. The van der Waals surface area contributed by atoms with Crippen LogP contribution in [0.2, 0.25) is 0 Å². The quantitative estimate of drug-likeness (QED) is 0.820. The molecule has 0 bridgehead atoms. The van der Waals surface area contributed by atoms with E-state index in [-0.39, 0.29) is 11.6 Å². The Morgan fingerprint density at radius 3 is 2.67 bits per heavy atom. The van der Waals surface area contributed by atoms with Crippen LogP contribution in [0.1, 0.15) is 35.7 Å². The topological polar surface area (TPSA) is 29.1 Å². The monoisotopic (exact) mass is 275 g/mol. The molecule has 0 aromatic heterocycles. The minimum Gasteiger partial charge on any atom is -0.349 e. The summed E-state index contributed by atoms with van der Waals surface area (Å²) < 4.78 is 27.2. The Morgan fingerprint density at radius 1 is 1.44 bits per heavy atom. The number of carbonyl (C=O) groups is 1. The number of carbonyl (C=O) groups excluding carboxylic acids is 1. The summed E-state index contributed by atoms with van der Waals surface area (Å²) in [6, 6.07) is 2.22. The Kier molecular flexibility index (Phi) is 5.54. The van der Waals surface area contributed by atoms with Gasteiger partial charge >= 0.3 is 0 Å². The van der Waals surface area contributed by atoms with Gasteiger partial charge in [0.25, 0.3) is 5.91 Å². The SMILES string of the molecule is CCC(CCCl)NC(=O)c1c(F)ccc(C)c1F. The second kappa shape index (κ2) is 6.69. The molecule has 1 atom stereocenters. The number of nitrogens with one attached hydrogen (secondary N) is 1. The summed E-state index contributed by atoms with van der Waals surface area (Å²) in [4.78, 5) is 11.8. The number of amides is 1. The fourth-order valence-corrected chi connectivity index (χ4v) is 1.90. The van der Waals surface area contributed by atoms with Gasteiger partial charge < -0.3 is 5.32 Å². The smallest absolute Gasteiger partial charge is 0.257 e. The molecule has 0 spiro atoms. The van der Waals surface area contributed by atoms with Gasteiger partial charge in [0, 0.05) is 11.9 Å². The molecule has 100 valence electrons. The third-order valence-corrected chi connectivity index (χ3v) is 3.02. The largest absolute Gasteiger partial charge is 0.349 e. The zero-order valence-electron chi connectivity index (χ0n) is 10.4. The van der Waals surface area contributed by atoms with E-state index in [4.69, 9.17) is 11.6 Å². The van der Waals surface area contributed by atoms with Gasteiger partial charge in [-0.2, -0.15) is 0 Å². The first-order valence-electron chi connectivity index (χ1n) is 5.82. The number of hydrogen-bond donors (Lipinski definition) is 1. The molecular weight excluding hydrogens is 260 g/mol. The molecule has 0 fully saturated rings. The van der Waals surface area contributed by atoms with E-state index in [1.54, 1.807) is 0 Å². The van der Waals surface area contributed by atoms with Crippen molar-refractivity contribution in [1.82, 2.24) is 5.32 Å². The van der Waals surface area contributed by atoms with Crippen molar-refractivity contribution in [2.45, 2.75) is 32.7 Å². The Balaban J connectivity index is 2.93. The van der Waals surface area contributed by atoms with E-state index in [1.807, 2.05) is 6.92 Å². The predicted molar refractivity (Wildman–Crippen MR) is 68.0 cm³/mol. The summed E-state index contributed by atoms with van der Waals surface area (Å²) >= 11 is 5.59. The van der Waals surface area contributed by atoms with E-state index in [0.29, 0.717) is 18.7 Å². The number of alkyl halides is 1. The molecular formula is C13H16ClF2NO. The molecule has 1 amide bonds. The molecule has 1 aromatic rings. The van der Waals surface area contributed by atoms with Crippen LogP contribution in [0.25, 0.3) is 0 Å². The van der Waals surface area contributed by atoms with Crippen LogP contribution in [0, 0.1) is 18.6 Å². The molecule has 18 heavy (non-hydrogen) atoms. The molecule has 1 N–H and O–H groups in total. The standard InChI is InChI=1S/C13H16ClF2NO/c1-3-9(6-7-14)17-13(18)11-10(15)5-4-8(2)12(11)16/h4-5,9H,3,6-7H2,1-2H3,(H,17,18). The zero-order valence-corrected chi connectivity index (χ0v) is 11.2. The summed E-state index contributed by atoms with van der Waals surface area (Å²) in [5.74, 6) is -2.01. The lowest BCUT2D eigenvalue weighted by molar-refractivity contribution is 0.0926. The van der Waals surface area contributed by atoms with Crippen LogP contribution in [0.4, 0.5) is 8.78 Å². The van der Waals surface area contributed by atoms with Crippen molar-refractivity contribution < 1.29 is 13.6 Å². The van der Waals surface area contributed by atoms with E-state index in [0.717, 1.165) is 6.07 Å². The predicted octanol–water partition coefficient (Wildman–Crippen LogP) is 3.41. The molecule has 0 saturated carbocycles. The van der Waals surface area contributed by atoms with Crippen LogP contribution in [0.15, 0.2) is 12.1 Å². The Morgan fingerprint density at radius 2 is 2.11 bits per heavy atom. The summed E-state index contributed by atoms with van der Waals surface area (Å²) in [5.41, 5.74) is -0.282. The van der Waals surface area contributed by atoms with E-state index >= 15 is 0 Å². The van der Waals surface area contributed by atoms with E-state index in [2.05, 4.69) is 5.32 Å². The number of aryl methyl sites for hydroxylation is 1. The van der Waals surface area contributed by atoms with E-state index in [9.17, 15) is 13.6 Å². The van der Waals surface area contributed by atoms with Crippen molar-refractivity contribution in [2.24, 2.45) is 0 Å². The number of hydrogen-bond acceptors (Lipinski definition) is 1. The lowest BCUT2D eigenvalue weighted by Gasteiger charge is -2.16. The third kappa shape index (κ3) is 3.42. The normalized spacial score (nSPS) is 12.3. The first-order valence-corrected chi connectivity index (χ1v) is 6.36. The maximum Gasteiger partial charge on any atom is 0.257 e. The van der Waals surface area contributed by atoms with Crippen LogP contribution < -0.4 is 5.32 Å². The third-order valence-electron chi connectivity index (χ3n) is 2.80. The molecule has 1 aromatic carbocycles. The van der Waals surface area contributed by atoms with Crippen LogP contribution in [0.3, 0.4) is 0 Å². The van der Waals surface area contributed by atoms with Crippen molar-refractivity contribution >= 4 is 17.5 Å². The average Bonchev–Trinajstić information content (AvgIpc) is 2.34. The highest BCUT2D eigenvalue weighted by Gasteiger charge is 2.20. The lowest BCUT2D eigenvalue weighted by Crippen LogP contribution is -2.35. The molecule has 1 unspecified atom stereocenters. The first-order chi connectivity index (χ1) is 8.51. The van der Waals surface area contributed by atoms with Crippen molar-refractivity contribution in [3.63, 3.8) is 0 Å². The second-order valence-electron chi connectivity index (χ2n) is 4.11. The highest BCUT2D eigenvalue weighted by Crippen LogP contribution is 2.16. The number of halogens is 3. The second-order valence-corrected chi connectivity index (χ2v) is 4.49. The van der Waals surface area contributed by atoms with Gasteiger partial charge in [-0.15, -0.1) is 11.6 Å². The Hall–Kier alpha value is -1.16. The van der Waals surface area contributed by atoms with Gasteiger partial charge in [0.2, 0.25) is 0 Å². The first kappa shape index (κ1) is 14.9. The molecule has 0 aliphatic heterocycles. The van der Waals surface area contributed by atoms with Gasteiger partial charge in [-0.05, 0) is 31.4 Å². The van der Waals surface area contributed by atoms with Crippen molar-refractivity contribution in [1.29, 1.82) is 0 Å². The Labute approximate surface area is 110 Å². The fraction of sp³-hybridized carbons (Fsp3) is 0.462. The van der Waals surface area contributed by atoms with Crippen molar-refractivity contribution in [2.75, 3.05) is 5.88 Å². The van der Waals surface area contributed by atoms with Crippen LogP contribution in [-0.4, -0.2) is 17.8 Å². The Bertz CT molecular complexity index is 437. The molecule has 0 heterocycles. The van der Waals surface area contributed by atoms with Crippen LogP contribution in [-0.2, 0) is 0 Å². The van der Waals surface area contributed by atoms with Gasteiger partial charge in [0.05, 0.1) is 0 Å². The van der Waals surface area contributed by atoms with Gasteiger partial charge in [0.15, 0.2) is 0 Å². The van der Waals surface area contributed by atoms with Gasteiger partial charge in [-0.3, -0.25) is 4.79 Å². The molecule has 2 nitrogen and oxygen atoms in total. The van der Waals surface area contributed by atoms with E-state index < -0.39 is 23.1 Å². The van der Waals surface area contributed by atoms with Gasteiger partial charge in [-0.1, -0.05) is 13.0 Å². The van der Waals surface area contributed by atoms with E-state index in [1.165, 1.54) is 13.0 Å². The van der Waals surface area contributed by atoms with Crippen molar-refractivity contribution in [3.8, 4) is 0 Å². The summed E-state index contributed by atoms with van der Waals surface area (Å²) in [6.45, 7) is 3.36. The summed E-state index contributed by atoms with van der Waals surface area (Å²) in [7, 11) is 0. The summed E-state index contributed by atoms with van der Waals surface area (Å²) in [5, 5.41) is 2.59. The number of rotatable bonds is 5. The van der Waals surface area contributed by atoms with Gasteiger partial charge in [0.1, 0.15) is 17.2 Å². The maximum atomic E-state index is 13.7. The molecule has 0 aliphatic rings. The molecule has 0 aliphatic carbocycles. The molecule has 0 radical (unpaired) electrons.